The van der Waals surface area contributed by atoms with Crippen molar-refractivity contribution in [2.45, 2.75) is 40.7 Å². The smallest absolute Gasteiger partial charge is 0.168 e. The first kappa shape index (κ1) is 14.8. The first-order chi connectivity index (χ1) is 7.72. The molecule has 0 spiro atoms. The van der Waals surface area contributed by atoms with Crippen molar-refractivity contribution < 1.29 is 9.90 Å². The number of aliphatic hydroxyl groups excluding tert-OH is 1. The van der Waals surface area contributed by atoms with E-state index in [2.05, 4.69) is 0 Å². The zero-order valence-electron chi connectivity index (χ0n) is 10.8. The van der Waals surface area contributed by atoms with Crippen LogP contribution in [0.1, 0.15) is 56.6 Å². The first-order valence-corrected chi connectivity index (χ1v) is 6.03. The molecular weight excluding hydrogens is 200 g/mol. The fourth-order valence-electron chi connectivity index (χ4n) is 1.64. The van der Waals surface area contributed by atoms with Crippen LogP contribution < -0.4 is 0 Å². The Morgan fingerprint density at radius 2 is 1.56 bits per heavy atom. The van der Waals surface area contributed by atoms with Crippen molar-refractivity contribution in [1.29, 1.82) is 0 Å². The van der Waals surface area contributed by atoms with Crippen molar-refractivity contribution in [3.63, 3.8) is 0 Å². The maximum absolute atomic E-state index is 11.4. The van der Waals surface area contributed by atoms with E-state index in [1.807, 2.05) is 39.8 Å². The van der Waals surface area contributed by atoms with Crippen molar-refractivity contribution in [1.82, 2.24) is 0 Å². The normalized spacial score (nSPS) is 21.2. The second-order valence-corrected chi connectivity index (χ2v) is 3.19. The van der Waals surface area contributed by atoms with Gasteiger partial charge in [-0.15, -0.1) is 0 Å². The number of carbonyl (C=O) groups is 1. The van der Waals surface area contributed by atoms with E-state index in [1.54, 1.807) is 19.1 Å². The lowest BCUT2D eigenvalue weighted by Gasteiger charge is -2.05. The number of ketones is 1. The van der Waals surface area contributed by atoms with Crippen LogP contribution in [0.2, 0.25) is 0 Å². The van der Waals surface area contributed by atoms with E-state index in [4.69, 9.17) is 0 Å². The third kappa shape index (κ3) is 2.70. The van der Waals surface area contributed by atoms with Gasteiger partial charge < -0.3 is 5.11 Å². The number of hydrogen-bond acceptors (Lipinski definition) is 2. The van der Waals surface area contributed by atoms with Crippen LogP contribution in [0, 0.1) is 5.92 Å². The Balaban J connectivity index is 0.000000509. The molecule has 2 unspecified atom stereocenters. The predicted molar refractivity (Wildman–Crippen MR) is 67.6 cm³/mol. The van der Waals surface area contributed by atoms with E-state index in [-0.39, 0.29) is 11.7 Å². The van der Waals surface area contributed by atoms with Gasteiger partial charge in [-0.05, 0) is 5.56 Å². The monoisotopic (exact) mass is 222 g/mol. The molecule has 1 aromatic rings. The van der Waals surface area contributed by atoms with Gasteiger partial charge in [0.1, 0.15) is 0 Å². The number of aliphatic hydroxyl groups is 1. The zero-order chi connectivity index (χ0) is 12.7. The van der Waals surface area contributed by atoms with E-state index in [0.717, 1.165) is 5.56 Å². The SMILES string of the molecule is CC.CC.CC1C(=O)c2ccccc2C1O. The quantitative estimate of drug-likeness (QED) is 0.728. The molecule has 0 aliphatic heterocycles. The van der Waals surface area contributed by atoms with Gasteiger partial charge in [0.2, 0.25) is 0 Å². The largest absolute Gasteiger partial charge is 0.388 e. The molecule has 2 atom stereocenters. The van der Waals surface area contributed by atoms with Crippen LogP contribution >= 0.6 is 0 Å². The van der Waals surface area contributed by atoms with Gasteiger partial charge in [-0.2, -0.15) is 0 Å². The van der Waals surface area contributed by atoms with Gasteiger partial charge in [-0.3, -0.25) is 4.79 Å². The van der Waals surface area contributed by atoms with E-state index in [9.17, 15) is 9.90 Å². The summed E-state index contributed by atoms with van der Waals surface area (Å²) in [5.41, 5.74) is 1.45. The average Bonchev–Trinajstić information content (AvgIpc) is 2.60. The summed E-state index contributed by atoms with van der Waals surface area (Å²) < 4.78 is 0. The van der Waals surface area contributed by atoms with Crippen molar-refractivity contribution in [3.8, 4) is 0 Å². The topological polar surface area (TPSA) is 37.3 Å². The summed E-state index contributed by atoms with van der Waals surface area (Å²) in [5.74, 6) is -0.222. The molecule has 0 saturated heterocycles. The van der Waals surface area contributed by atoms with Gasteiger partial charge in [0.25, 0.3) is 0 Å². The van der Waals surface area contributed by atoms with Gasteiger partial charge in [-0.1, -0.05) is 58.9 Å². The van der Waals surface area contributed by atoms with Crippen LogP contribution in [0.3, 0.4) is 0 Å². The Morgan fingerprint density at radius 3 is 2.06 bits per heavy atom. The maximum Gasteiger partial charge on any atom is 0.168 e. The fourth-order valence-corrected chi connectivity index (χ4v) is 1.64. The molecule has 0 fully saturated rings. The lowest BCUT2D eigenvalue weighted by Crippen LogP contribution is -2.08. The van der Waals surface area contributed by atoms with Crippen molar-refractivity contribution in [2.24, 2.45) is 5.92 Å². The Kier molecular flexibility index (Phi) is 6.66. The molecule has 2 rings (SSSR count). The van der Waals surface area contributed by atoms with E-state index in [0.29, 0.717) is 5.56 Å². The number of benzene rings is 1. The highest BCUT2D eigenvalue weighted by Gasteiger charge is 2.34. The average molecular weight is 222 g/mol. The minimum atomic E-state index is -0.603. The minimum absolute atomic E-state index is 0.0538. The summed E-state index contributed by atoms with van der Waals surface area (Å²) in [7, 11) is 0. The molecule has 0 saturated carbocycles. The van der Waals surface area contributed by atoms with Gasteiger partial charge in [0.05, 0.1) is 6.10 Å². The molecule has 16 heavy (non-hydrogen) atoms. The second-order valence-electron chi connectivity index (χ2n) is 3.19. The highest BCUT2D eigenvalue weighted by molar-refractivity contribution is 6.02. The molecule has 0 amide bonds. The van der Waals surface area contributed by atoms with Crippen LogP contribution in [-0.2, 0) is 0 Å². The lowest BCUT2D eigenvalue weighted by molar-refractivity contribution is 0.0790. The third-order valence-corrected chi connectivity index (χ3v) is 2.43. The lowest BCUT2D eigenvalue weighted by atomic mass is 10.1. The molecule has 0 radical (unpaired) electrons. The van der Waals surface area contributed by atoms with Crippen LogP contribution in [0.5, 0.6) is 0 Å². The Hall–Kier alpha value is -1.15. The van der Waals surface area contributed by atoms with Gasteiger partial charge in [0, 0.05) is 11.5 Å². The van der Waals surface area contributed by atoms with E-state index < -0.39 is 6.10 Å². The zero-order valence-corrected chi connectivity index (χ0v) is 10.8. The summed E-state index contributed by atoms with van der Waals surface area (Å²) in [6.07, 6.45) is -0.603. The highest BCUT2D eigenvalue weighted by atomic mass is 16.3. The molecule has 1 aromatic carbocycles. The number of hydrogen-bond donors (Lipinski definition) is 1. The molecule has 0 bridgehead atoms. The van der Waals surface area contributed by atoms with Gasteiger partial charge in [-0.25, -0.2) is 0 Å². The molecule has 1 aliphatic rings. The van der Waals surface area contributed by atoms with Crippen LogP contribution in [0.15, 0.2) is 24.3 Å². The molecule has 0 heterocycles. The summed E-state index contributed by atoms with van der Waals surface area (Å²) in [6, 6.07) is 7.24. The molecule has 2 heteroatoms. The predicted octanol–water partition coefficient (Wildman–Crippen LogP) is 3.60. The Labute approximate surface area is 98.3 Å². The third-order valence-electron chi connectivity index (χ3n) is 2.43. The van der Waals surface area contributed by atoms with Gasteiger partial charge in [0.15, 0.2) is 5.78 Å². The molecular formula is C14H22O2. The van der Waals surface area contributed by atoms with Gasteiger partial charge >= 0.3 is 0 Å². The number of rotatable bonds is 0. The molecule has 0 aromatic heterocycles. The molecule has 2 nitrogen and oxygen atoms in total. The van der Waals surface area contributed by atoms with Crippen molar-refractivity contribution >= 4 is 5.78 Å². The fraction of sp³-hybridized carbons (Fsp3) is 0.500. The standard InChI is InChI=1S/C10H10O2.2C2H6/c1-6-9(11)7-4-2-3-5-8(7)10(6)12;2*1-2/h2-6,9,11H,1H3;2*1-2H3. The van der Waals surface area contributed by atoms with Crippen molar-refractivity contribution in [3.05, 3.63) is 35.4 Å². The number of fused-ring (bicyclic) bond motifs is 1. The molecule has 90 valence electrons. The summed E-state index contributed by atoms with van der Waals surface area (Å²) in [6.45, 7) is 9.76. The minimum Gasteiger partial charge on any atom is -0.388 e. The number of carbonyl (C=O) groups excluding carboxylic acids is 1. The number of Topliss-reactive ketones (excluding diaryl/α,β-unsaturated/α-hetero) is 1. The Morgan fingerprint density at radius 1 is 1.06 bits per heavy atom. The summed E-state index contributed by atoms with van der Waals surface area (Å²) >= 11 is 0. The summed E-state index contributed by atoms with van der Waals surface area (Å²) in [4.78, 5) is 11.4. The maximum atomic E-state index is 11.4. The highest BCUT2D eigenvalue weighted by Crippen LogP contribution is 2.34. The van der Waals surface area contributed by atoms with Crippen molar-refractivity contribution in [2.75, 3.05) is 0 Å². The molecule has 1 N–H and O–H groups in total. The molecule has 1 aliphatic carbocycles. The van der Waals surface area contributed by atoms with Crippen LogP contribution in [0.4, 0.5) is 0 Å². The van der Waals surface area contributed by atoms with Crippen LogP contribution in [-0.4, -0.2) is 10.9 Å². The van der Waals surface area contributed by atoms with Crippen LogP contribution in [0.25, 0.3) is 0 Å². The first-order valence-electron chi connectivity index (χ1n) is 6.03. The second kappa shape index (κ2) is 7.18. The Bertz CT molecular complexity index is 331. The summed E-state index contributed by atoms with van der Waals surface area (Å²) in [5, 5.41) is 9.60. The van der Waals surface area contributed by atoms with E-state index in [1.165, 1.54) is 0 Å². The van der Waals surface area contributed by atoms with E-state index >= 15 is 0 Å².